The lowest BCUT2D eigenvalue weighted by atomic mass is 10.1. The molecule has 35 heavy (non-hydrogen) atoms. The fraction of sp³-hybridized carbons (Fsp3) is 0.250. The average molecular weight is 511 g/mol. The summed E-state index contributed by atoms with van der Waals surface area (Å²) >= 11 is 12.8. The van der Waals surface area contributed by atoms with Crippen molar-refractivity contribution in [3.63, 3.8) is 0 Å². The summed E-state index contributed by atoms with van der Waals surface area (Å²) in [4.78, 5) is 19.5. The van der Waals surface area contributed by atoms with E-state index in [0.717, 1.165) is 37.4 Å². The number of aromatic nitrogens is 4. The molecule has 2 aromatic heterocycles. The van der Waals surface area contributed by atoms with Crippen molar-refractivity contribution in [1.82, 2.24) is 24.9 Å². The number of carbonyl (C=O) groups excluding carboxylic acids is 1. The van der Waals surface area contributed by atoms with E-state index in [-0.39, 0.29) is 5.56 Å². The smallest absolute Gasteiger partial charge is 0.256 e. The number of benzene rings is 2. The molecular weight excluding hydrogens is 487 g/mol. The van der Waals surface area contributed by atoms with Crippen LogP contribution in [-0.4, -0.2) is 51.7 Å². The monoisotopic (exact) mass is 510 g/mol. The predicted octanol–water partition coefficient (Wildman–Crippen LogP) is 3.58. The van der Waals surface area contributed by atoms with E-state index in [9.17, 15) is 4.79 Å². The number of aryl methyl sites for hydroxylation is 1. The normalized spacial score (nSPS) is 13.9. The number of nitrogens with one attached hydrogen (secondary N) is 2. The minimum absolute atomic E-state index is 0.153. The lowest BCUT2D eigenvalue weighted by molar-refractivity contribution is 0.100. The van der Waals surface area contributed by atoms with Gasteiger partial charge in [0.2, 0.25) is 0 Å². The van der Waals surface area contributed by atoms with Crippen LogP contribution in [0.25, 0.3) is 5.65 Å². The number of anilines is 3. The van der Waals surface area contributed by atoms with Crippen molar-refractivity contribution >= 4 is 51.9 Å². The van der Waals surface area contributed by atoms with Crippen molar-refractivity contribution in [2.45, 2.75) is 13.3 Å². The van der Waals surface area contributed by atoms with Gasteiger partial charge in [-0.3, -0.25) is 9.20 Å². The molecular formula is C24H24Cl2N8O. The lowest BCUT2D eigenvalue weighted by Crippen LogP contribution is -2.43. The van der Waals surface area contributed by atoms with Crippen molar-refractivity contribution in [3.8, 4) is 0 Å². The number of hydrogen-bond acceptors (Lipinski definition) is 7. The van der Waals surface area contributed by atoms with Crippen molar-refractivity contribution in [2.24, 2.45) is 5.73 Å². The molecule has 4 N–H and O–H groups in total. The van der Waals surface area contributed by atoms with Crippen molar-refractivity contribution in [1.29, 1.82) is 0 Å². The first kappa shape index (κ1) is 23.3. The van der Waals surface area contributed by atoms with Crippen LogP contribution in [0.3, 0.4) is 0 Å². The summed E-state index contributed by atoms with van der Waals surface area (Å²) in [5.41, 5.74) is 9.99. The van der Waals surface area contributed by atoms with Gasteiger partial charge in [-0.25, -0.2) is 4.98 Å². The quantitative estimate of drug-likeness (QED) is 0.363. The summed E-state index contributed by atoms with van der Waals surface area (Å²) in [6.07, 6.45) is 1.80. The molecule has 1 aliphatic heterocycles. The summed E-state index contributed by atoms with van der Waals surface area (Å²) in [5.74, 6) is 0.196. The molecule has 0 aliphatic carbocycles. The van der Waals surface area contributed by atoms with Gasteiger partial charge in [-0.2, -0.15) is 0 Å². The highest BCUT2D eigenvalue weighted by atomic mass is 35.5. The Hall–Kier alpha value is -3.40. The number of amides is 1. The average Bonchev–Trinajstić information content (AvgIpc) is 3.32. The highest BCUT2D eigenvalue weighted by Crippen LogP contribution is 2.30. The molecule has 2 aromatic carbocycles. The number of primary amides is 1. The Morgan fingerprint density at radius 3 is 2.60 bits per heavy atom. The summed E-state index contributed by atoms with van der Waals surface area (Å²) in [6, 6.07) is 11.4. The van der Waals surface area contributed by atoms with E-state index in [4.69, 9.17) is 33.9 Å². The maximum absolute atomic E-state index is 12.4. The molecule has 0 atom stereocenters. The third-order valence-electron chi connectivity index (χ3n) is 6.09. The van der Waals surface area contributed by atoms with Crippen LogP contribution in [0.4, 0.5) is 17.2 Å². The molecule has 1 aliphatic rings. The fourth-order valence-electron chi connectivity index (χ4n) is 4.37. The van der Waals surface area contributed by atoms with Crippen molar-refractivity contribution < 1.29 is 4.79 Å². The molecule has 1 amide bonds. The Kier molecular flexibility index (Phi) is 6.46. The number of carbonyl (C=O) groups is 1. The van der Waals surface area contributed by atoms with Crippen LogP contribution in [0.2, 0.25) is 10.0 Å². The lowest BCUT2D eigenvalue weighted by Gasteiger charge is -2.31. The number of rotatable bonds is 6. The molecule has 5 rings (SSSR count). The SMILES string of the molecule is Cc1cc(Nc2nc(Cc3c(Cl)cccc3Cl)n3cnnc3c2C(N)=O)ccc1N1CCNCC1. The maximum Gasteiger partial charge on any atom is 0.256 e. The minimum Gasteiger partial charge on any atom is -0.369 e. The summed E-state index contributed by atoms with van der Waals surface area (Å²) < 4.78 is 1.63. The van der Waals surface area contributed by atoms with Crippen LogP contribution >= 0.6 is 23.2 Å². The van der Waals surface area contributed by atoms with E-state index in [2.05, 4.69) is 38.7 Å². The molecule has 1 fully saturated rings. The predicted molar refractivity (Wildman–Crippen MR) is 138 cm³/mol. The number of hydrogen-bond donors (Lipinski definition) is 3. The van der Waals surface area contributed by atoms with E-state index in [1.165, 1.54) is 12.0 Å². The summed E-state index contributed by atoms with van der Waals surface area (Å²) in [6.45, 7) is 5.90. The zero-order valence-corrected chi connectivity index (χ0v) is 20.6. The molecule has 9 nitrogen and oxygen atoms in total. The number of nitrogens with zero attached hydrogens (tertiary/aromatic N) is 5. The standard InChI is InChI=1S/C24H24Cl2N8O/c1-14-11-15(5-6-19(14)33-9-7-28-8-10-33)30-23-21(22(27)35)24-32-29-13-34(24)20(31-23)12-16-17(25)3-2-4-18(16)26/h2-6,11,13,28,30H,7-10,12H2,1H3,(H2,27,35). The molecule has 0 saturated carbocycles. The van der Waals surface area contributed by atoms with Gasteiger partial charge in [-0.15, -0.1) is 10.2 Å². The van der Waals surface area contributed by atoms with Crippen molar-refractivity contribution in [2.75, 3.05) is 36.4 Å². The third kappa shape index (κ3) is 4.62. The second kappa shape index (κ2) is 9.69. The van der Waals surface area contributed by atoms with Gasteiger partial charge < -0.3 is 21.3 Å². The number of halogens is 2. The first-order valence-electron chi connectivity index (χ1n) is 11.2. The number of nitrogens with two attached hydrogens (primary N) is 1. The van der Waals surface area contributed by atoms with Gasteiger partial charge in [-0.05, 0) is 48.4 Å². The van der Waals surface area contributed by atoms with Gasteiger partial charge in [0.15, 0.2) is 5.65 Å². The highest BCUT2D eigenvalue weighted by Gasteiger charge is 2.22. The first-order chi connectivity index (χ1) is 16.9. The second-order valence-electron chi connectivity index (χ2n) is 8.38. The largest absolute Gasteiger partial charge is 0.369 e. The Morgan fingerprint density at radius 1 is 1.17 bits per heavy atom. The topological polar surface area (TPSA) is 113 Å². The highest BCUT2D eigenvalue weighted by molar-refractivity contribution is 6.36. The van der Waals surface area contributed by atoms with Gasteiger partial charge in [0.05, 0.1) is 0 Å². The summed E-state index contributed by atoms with van der Waals surface area (Å²) in [7, 11) is 0. The van der Waals surface area contributed by atoms with Crippen LogP contribution in [0.5, 0.6) is 0 Å². The van der Waals surface area contributed by atoms with E-state index >= 15 is 0 Å². The van der Waals surface area contributed by atoms with Gasteiger partial charge in [0.1, 0.15) is 23.5 Å². The van der Waals surface area contributed by atoms with Gasteiger partial charge >= 0.3 is 0 Å². The number of piperazine rings is 1. The molecule has 11 heteroatoms. The molecule has 1 saturated heterocycles. The van der Waals surface area contributed by atoms with Crippen LogP contribution in [0, 0.1) is 6.92 Å². The van der Waals surface area contributed by atoms with Crippen LogP contribution < -0.4 is 21.3 Å². The first-order valence-corrected chi connectivity index (χ1v) is 12.0. The Morgan fingerprint density at radius 2 is 1.91 bits per heavy atom. The minimum atomic E-state index is -0.658. The van der Waals surface area contributed by atoms with Crippen LogP contribution in [0.15, 0.2) is 42.7 Å². The van der Waals surface area contributed by atoms with E-state index in [1.54, 1.807) is 22.6 Å². The van der Waals surface area contributed by atoms with E-state index < -0.39 is 5.91 Å². The molecule has 180 valence electrons. The second-order valence-corrected chi connectivity index (χ2v) is 9.20. The third-order valence-corrected chi connectivity index (χ3v) is 6.80. The molecule has 0 radical (unpaired) electrons. The van der Waals surface area contributed by atoms with Gasteiger partial charge in [0, 0.05) is 54.0 Å². The molecule has 0 bridgehead atoms. The van der Waals surface area contributed by atoms with Crippen LogP contribution in [0.1, 0.15) is 27.3 Å². The van der Waals surface area contributed by atoms with Gasteiger partial charge in [0.25, 0.3) is 5.91 Å². The fourth-order valence-corrected chi connectivity index (χ4v) is 4.90. The zero-order valence-electron chi connectivity index (χ0n) is 19.1. The Balaban J connectivity index is 1.55. The summed E-state index contributed by atoms with van der Waals surface area (Å²) in [5, 5.41) is 15.8. The molecule has 0 spiro atoms. The Labute approximate surface area is 212 Å². The maximum atomic E-state index is 12.4. The van der Waals surface area contributed by atoms with E-state index in [1.807, 2.05) is 12.1 Å². The Bertz CT molecular complexity index is 1390. The molecule has 0 unspecified atom stereocenters. The van der Waals surface area contributed by atoms with E-state index in [0.29, 0.717) is 39.3 Å². The zero-order chi connectivity index (χ0) is 24.5. The number of fused-ring (bicyclic) bond motifs is 1. The van der Waals surface area contributed by atoms with Gasteiger partial charge in [-0.1, -0.05) is 29.3 Å². The van der Waals surface area contributed by atoms with Crippen molar-refractivity contribution in [3.05, 3.63) is 75.3 Å². The van der Waals surface area contributed by atoms with Crippen LogP contribution in [-0.2, 0) is 6.42 Å². The molecule has 3 heterocycles. The molecule has 4 aromatic rings.